The van der Waals surface area contributed by atoms with E-state index in [1.165, 1.54) is 23.4 Å². The summed E-state index contributed by atoms with van der Waals surface area (Å²) in [7, 11) is 0. The average Bonchev–Trinajstić information content (AvgIpc) is 3.71. The second-order valence-electron chi connectivity index (χ2n) is 9.25. The third kappa shape index (κ3) is 5.41. The van der Waals surface area contributed by atoms with Crippen LogP contribution in [-0.2, 0) is 21.8 Å². The van der Waals surface area contributed by atoms with Gasteiger partial charge in [0, 0.05) is 37.2 Å². The fourth-order valence-corrected chi connectivity index (χ4v) is 5.89. The molecule has 6 rings (SSSR count). The summed E-state index contributed by atoms with van der Waals surface area (Å²) in [5, 5.41) is 6.74. The first-order valence-electron chi connectivity index (χ1n) is 12.4. The van der Waals surface area contributed by atoms with Gasteiger partial charge in [0.05, 0.1) is 28.4 Å². The van der Waals surface area contributed by atoms with Crippen molar-refractivity contribution >= 4 is 40.1 Å². The summed E-state index contributed by atoms with van der Waals surface area (Å²) >= 11 is 7.70. The van der Waals surface area contributed by atoms with Gasteiger partial charge in [0.15, 0.2) is 0 Å². The Kier molecular flexibility index (Phi) is 7.07. The number of piperazine rings is 1. The number of ether oxygens (including phenoxy) is 3. The molecule has 198 valence electrons. The lowest BCUT2D eigenvalue weighted by Gasteiger charge is -2.37. The fourth-order valence-electron chi connectivity index (χ4n) is 4.73. The first-order valence-corrected chi connectivity index (χ1v) is 13.7. The minimum Gasteiger partial charge on any atom is -0.491 e. The summed E-state index contributed by atoms with van der Waals surface area (Å²) in [4.78, 5) is 13.8. The molecular formula is C26H28ClN7O3S. The average molecular weight is 554 g/mol. The predicted molar refractivity (Wildman–Crippen MR) is 147 cm³/mol. The number of hydrogen-bond acceptors (Lipinski definition) is 10. The maximum atomic E-state index is 6.41. The van der Waals surface area contributed by atoms with Crippen molar-refractivity contribution in [3.05, 3.63) is 76.6 Å². The largest absolute Gasteiger partial charge is 0.491 e. The van der Waals surface area contributed by atoms with E-state index in [1.54, 1.807) is 11.0 Å². The molecule has 2 aliphatic heterocycles. The number of thiophene rings is 1. The van der Waals surface area contributed by atoms with E-state index in [0.29, 0.717) is 30.6 Å². The Bertz CT molecular complexity index is 1330. The molecule has 0 aliphatic carbocycles. The second-order valence-corrected chi connectivity index (χ2v) is 10.6. The van der Waals surface area contributed by atoms with E-state index < -0.39 is 5.79 Å². The molecule has 10 nitrogen and oxygen atoms in total. The van der Waals surface area contributed by atoms with Gasteiger partial charge in [0.25, 0.3) is 0 Å². The van der Waals surface area contributed by atoms with Gasteiger partial charge in [0.2, 0.25) is 5.79 Å². The minimum atomic E-state index is -0.978. The molecule has 38 heavy (non-hydrogen) atoms. The summed E-state index contributed by atoms with van der Waals surface area (Å²) in [5.41, 5.74) is 7.99. The molecule has 2 fully saturated rings. The molecule has 2 atom stereocenters. The van der Waals surface area contributed by atoms with Crippen molar-refractivity contribution in [2.45, 2.75) is 18.4 Å². The van der Waals surface area contributed by atoms with Crippen LogP contribution in [0.2, 0.25) is 5.02 Å². The maximum Gasteiger partial charge on any atom is 0.225 e. The van der Waals surface area contributed by atoms with Crippen LogP contribution in [0.15, 0.2) is 66.7 Å². The third-order valence-corrected chi connectivity index (χ3v) is 8.09. The zero-order chi connectivity index (χ0) is 26.0. The maximum absolute atomic E-state index is 6.41. The zero-order valence-corrected chi connectivity index (χ0v) is 22.2. The van der Waals surface area contributed by atoms with Crippen LogP contribution < -0.4 is 20.3 Å². The number of benzene rings is 1. The highest BCUT2D eigenvalue weighted by Crippen LogP contribution is 2.40. The summed E-state index contributed by atoms with van der Waals surface area (Å²) in [6.45, 7) is 4.85. The van der Waals surface area contributed by atoms with Crippen molar-refractivity contribution in [3.63, 3.8) is 0 Å². The van der Waals surface area contributed by atoms with Gasteiger partial charge in [-0.25, -0.2) is 14.6 Å². The first-order chi connectivity index (χ1) is 18.6. The van der Waals surface area contributed by atoms with Gasteiger partial charge in [-0.15, -0.1) is 11.3 Å². The van der Waals surface area contributed by atoms with Gasteiger partial charge in [-0.05, 0) is 42.5 Å². The number of anilines is 3. The van der Waals surface area contributed by atoms with Crippen LogP contribution in [0.1, 0.15) is 4.88 Å². The van der Waals surface area contributed by atoms with Crippen LogP contribution in [0.5, 0.6) is 5.75 Å². The highest BCUT2D eigenvalue weighted by molar-refractivity contribution is 7.10. The van der Waals surface area contributed by atoms with Gasteiger partial charge in [0.1, 0.15) is 43.5 Å². The van der Waals surface area contributed by atoms with Crippen molar-refractivity contribution in [2.24, 2.45) is 0 Å². The van der Waals surface area contributed by atoms with Gasteiger partial charge >= 0.3 is 0 Å². The fraction of sp³-hybridized carbons (Fsp3) is 0.346. The van der Waals surface area contributed by atoms with Crippen LogP contribution in [0, 0.1) is 0 Å². The topological polar surface area (TPSA) is 104 Å². The predicted octanol–water partition coefficient (Wildman–Crippen LogP) is 3.64. The van der Waals surface area contributed by atoms with E-state index in [4.69, 9.17) is 31.5 Å². The van der Waals surface area contributed by atoms with Gasteiger partial charge in [-0.3, -0.25) is 0 Å². The molecule has 2 unspecified atom stereocenters. The third-order valence-electron chi connectivity index (χ3n) is 6.69. The molecule has 12 heteroatoms. The van der Waals surface area contributed by atoms with E-state index in [-0.39, 0.29) is 6.10 Å². The number of nitrogens with zero attached hydrogens (tertiary/aromatic N) is 6. The molecule has 0 radical (unpaired) electrons. The van der Waals surface area contributed by atoms with Gasteiger partial charge in [-0.1, -0.05) is 11.6 Å². The lowest BCUT2D eigenvalue weighted by molar-refractivity contribution is -0.188. The Balaban J connectivity index is 1.03. The Labute approximate surface area is 229 Å². The highest BCUT2D eigenvalue weighted by atomic mass is 35.5. The molecule has 0 spiro atoms. The lowest BCUT2D eigenvalue weighted by atomic mass is 10.2. The highest BCUT2D eigenvalue weighted by Gasteiger charge is 2.45. The monoisotopic (exact) mass is 553 g/mol. The van der Waals surface area contributed by atoms with Crippen molar-refractivity contribution < 1.29 is 14.2 Å². The minimum absolute atomic E-state index is 0.241. The number of hydrogen-bond donors (Lipinski definition) is 1. The summed E-state index contributed by atoms with van der Waals surface area (Å²) in [6.07, 6.45) is 4.73. The molecule has 2 saturated heterocycles. The van der Waals surface area contributed by atoms with E-state index in [0.717, 1.165) is 42.5 Å². The van der Waals surface area contributed by atoms with Crippen molar-refractivity contribution in [2.75, 3.05) is 54.9 Å². The van der Waals surface area contributed by atoms with E-state index in [1.807, 2.05) is 41.9 Å². The molecule has 2 N–H and O–H groups in total. The van der Waals surface area contributed by atoms with Gasteiger partial charge < -0.3 is 29.7 Å². The Morgan fingerprint density at radius 1 is 1.08 bits per heavy atom. The quantitative estimate of drug-likeness (QED) is 0.350. The summed E-state index contributed by atoms with van der Waals surface area (Å²) in [6, 6.07) is 14.0. The number of halogens is 1. The van der Waals surface area contributed by atoms with E-state index in [2.05, 4.69) is 37.0 Å². The number of nitrogen functional groups attached to an aromatic ring is 1. The number of pyridine rings is 1. The normalized spacial score (nSPS) is 21.7. The number of nitrogens with two attached hydrogens (primary N) is 1. The second kappa shape index (κ2) is 10.8. The molecule has 2 aliphatic rings. The zero-order valence-electron chi connectivity index (χ0n) is 20.6. The molecule has 0 amide bonds. The summed E-state index contributed by atoms with van der Waals surface area (Å²) in [5.74, 6) is 0.352. The lowest BCUT2D eigenvalue weighted by Crippen LogP contribution is -2.46. The van der Waals surface area contributed by atoms with Crippen LogP contribution in [0.3, 0.4) is 0 Å². The Morgan fingerprint density at radius 2 is 1.84 bits per heavy atom. The SMILES string of the molecule is Nc1ccc(N2CCN(c3ccc(OCC4COC(Cn5cncn5)(c5cc(Cl)cs5)O4)cc3)CC2)cn1. The van der Waals surface area contributed by atoms with Gasteiger partial charge in [-0.2, -0.15) is 5.10 Å². The van der Waals surface area contributed by atoms with Crippen molar-refractivity contribution in [1.82, 2.24) is 19.7 Å². The van der Waals surface area contributed by atoms with Crippen molar-refractivity contribution in [1.29, 1.82) is 0 Å². The van der Waals surface area contributed by atoms with Crippen LogP contribution in [0.4, 0.5) is 17.2 Å². The van der Waals surface area contributed by atoms with E-state index >= 15 is 0 Å². The first kappa shape index (κ1) is 24.9. The summed E-state index contributed by atoms with van der Waals surface area (Å²) < 4.78 is 20.4. The van der Waals surface area contributed by atoms with Crippen LogP contribution >= 0.6 is 22.9 Å². The molecular weight excluding hydrogens is 526 g/mol. The number of rotatable bonds is 8. The van der Waals surface area contributed by atoms with Crippen molar-refractivity contribution in [3.8, 4) is 5.75 Å². The molecule has 0 bridgehead atoms. The Morgan fingerprint density at radius 3 is 2.50 bits per heavy atom. The molecule has 4 aromatic rings. The molecule has 3 aromatic heterocycles. The van der Waals surface area contributed by atoms with E-state index in [9.17, 15) is 0 Å². The smallest absolute Gasteiger partial charge is 0.225 e. The van der Waals surface area contributed by atoms with Crippen LogP contribution in [-0.4, -0.2) is 65.2 Å². The number of aromatic nitrogens is 4. The standard InChI is InChI=1S/C26H28ClN7O3S/c27-19-11-24(38-15-19)26(16-34-18-29-17-31-34)36-14-23(37-26)13-35-22-4-1-20(2-5-22)32-7-9-33(10-8-32)21-3-6-25(28)30-12-21/h1-6,11-12,15,17-18,23H,7-10,13-14,16H2,(H2,28,30). The molecule has 1 aromatic carbocycles. The van der Waals surface area contributed by atoms with Crippen LogP contribution in [0.25, 0.3) is 0 Å². The molecule has 0 saturated carbocycles. The molecule has 5 heterocycles. The Hall–Kier alpha value is -3.38.